The molecule has 7 heteroatoms. The van der Waals surface area contributed by atoms with Gasteiger partial charge in [-0.05, 0) is 24.6 Å². The summed E-state index contributed by atoms with van der Waals surface area (Å²) in [4.78, 5) is 23.6. The van der Waals surface area contributed by atoms with E-state index in [-0.39, 0.29) is 11.8 Å². The van der Waals surface area contributed by atoms with Gasteiger partial charge in [0.1, 0.15) is 17.0 Å². The van der Waals surface area contributed by atoms with Gasteiger partial charge in [0.25, 0.3) is 5.91 Å². The molecule has 1 saturated heterocycles. The summed E-state index contributed by atoms with van der Waals surface area (Å²) in [6, 6.07) is 5.38. The molecule has 4 heterocycles. The zero-order chi connectivity index (χ0) is 17.7. The van der Waals surface area contributed by atoms with Crippen LogP contribution in [0.25, 0.3) is 11.1 Å². The quantitative estimate of drug-likeness (QED) is 0.705. The zero-order valence-corrected chi connectivity index (χ0v) is 14.5. The summed E-state index contributed by atoms with van der Waals surface area (Å²) in [7, 11) is 0. The van der Waals surface area contributed by atoms with Gasteiger partial charge in [-0.15, -0.1) is 0 Å². The van der Waals surface area contributed by atoms with E-state index in [1.165, 1.54) is 0 Å². The number of benzene rings is 1. The minimum absolute atomic E-state index is 0.0275. The maximum Gasteiger partial charge on any atom is 0.254 e. The van der Waals surface area contributed by atoms with Crippen molar-refractivity contribution < 1.29 is 18.4 Å². The van der Waals surface area contributed by atoms with Crippen molar-refractivity contribution in [3.8, 4) is 0 Å². The van der Waals surface area contributed by atoms with Crippen LogP contribution in [0.1, 0.15) is 45.9 Å². The van der Waals surface area contributed by atoms with Crippen LogP contribution >= 0.6 is 0 Å². The number of hydrogen-bond acceptors (Lipinski definition) is 6. The smallest absolute Gasteiger partial charge is 0.254 e. The van der Waals surface area contributed by atoms with Crippen molar-refractivity contribution >= 4 is 17.0 Å². The van der Waals surface area contributed by atoms with E-state index in [2.05, 4.69) is 9.97 Å². The molecule has 0 spiro atoms. The molecule has 0 bridgehead atoms. The molecule has 1 fully saturated rings. The third-order valence-corrected chi connectivity index (χ3v) is 5.05. The molecule has 26 heavy (non-hydrogen) atoms. The number of nitrogens with zero attached hydrogens (tertiary/aromatic N) is 3. The van der Waals surface area contributed by atoms with Crippen molar-refractivity contribution in [1.29, 1.82) is 0 Å². The first-order chi connectivity index (χ1) is 12.7. The lowest BCUT2D eigenvalue weighted by molar-refractivity contribution is 0.0728. The van der Waals surface area contributed by atoms with Gasteiger partial charge in [-0.2, -0.15) is 0 Å². The lowest BCUT2D eigenvalue weighted by atomic mass is 10.1. The third-order valence-electron chi connectivity index (χ3n) is 5.05. The van der Waals surface area contributed by atoms with Crippen LogP contribution in [0.3, 0.4) is 0 Å². The first-order valence-electron chi connectivity index (χ1n) is 8.90. The molecule has 134 valence electrons. The number of aromatic nitrogens is 2. The zero-order valence-electron chi connectivity index (χ0n) is 14.5. The number of hydrogen-bond donors (Lipinski definition) is 0. The first-order valence-corrected chi connectivity index (χ1v) is 8.90. The van der Waals surface area contributed by atoms with Gasteiger partial charge in [0.05, 0.1) is 19.1 Å². The van der Waals surface area contributed by atoms with E-state index >= 15 is 0 Å². The molecule has 1 amide bonds. The SMILES string of the molecule is Cc1nc2ccc(C(=O)N3CCc4oc(C5CCOC5)nc4C3)cc2o1. The summed E-state index contributed by atoms with van der Waals surface area (Å²) in [6.07, 6.45) is 1.63. The van der Waals surface area contributed by atoms with Crippen LogP contribution in [-0.2, 0) is 17.7 Å². The average Bonchev–Trinajstić information content (AvgIpc) is 3.37. The van der Waals surface area contributed by atoms with Crippen LogP contribution in [0.4, 0.5) is 0 Å². The van der Waals surface area contributed by atoms with Gasteiger partial charge >= 0.3 is 0 Å². The average molecular weight is 353 g/mol. The highest BCUT2D eigenvalue weighted by molar-refractivity contribution is 5.97. The highest BCUT2D eigenvalue weighted by atomic mass is 16.5. The van der Waals surface area contributed by atoms with E-state index in [9.17, 15) is 4.79 Å². The second-order valence-electron chi connectivity index (χ2n) is 6.87. The van der Waals surface area contributed by atoms with Gasteiger partial charge in [-0.25, -0.2) is 9.97 Å². The normalized spacial score (nSPS) is 19.9. The van der Waals surface area contributed by atoms with Crippen molar-refractivity contribution in [2.75, 3.05) is 19.8 Å². The van der Waals surface area contributed by atoms with Crippen LogP contribution in [0.2, 0.25) is 0 Å². The molecule has 1 atom stereocenters. The number of ether oxygens (including phenoxy) is 1. The molecule has 0 saturated carbocycles. The fraction of sp³-hybridized carbons (Fsp3) is 0.421. The molecule has 2 aromatic heterocycles. The third kappa shape index (κ3) is 2.59. The minimum Gasteiger partial charge on any atom is -0.445 e. The van der Waals surface area contributed by atoms with Gasteiger partial charge in [-0.1, -0.05) is 0 Å². The molecule has 1 aromatic carbocycles. The van der Waals surface area contributed by atoms with Crippen LogP contribution in [0.15, 0.2) is 27.0 Å². The van der Waals surface area contributed by atoms with Gasteiger partial charge < -0.3 is 18.5 Å². The highest BCUT2D eigenvalue weighted by Gasteiger charge is 2.30. The Bertz CT molecular complexity index is 984. The van der Waals surface area contributed by atoms with Crippen LogP contribution in [0.5, 0.6) is 0 Å². The summed E-state index contributed by atoms with van der Waals surface area (Å²) in [6.45, 7) is 4.31. The van der Waals surface area contributed by atoms with E-state index in [0.29, 0.717) is 43.2 Å². The summed E-state index contributed by atoms with van der Waals surface area (Å²) in [5.41, 5.74) is 2.86. The van der Waals surface area contributed by atoms with Crippen molar-refractivity contribution in [3.63, 3.8) is 0 Å². The van der Waals surface area contributed by atoms with Crippen molar-refractivity contribution in [1.82, 2.24) is 14.9 Å². The van der Waals surface area contributed by atoms with E-state index in [1.54, 1.807) is 19.1 Å². The van der Waals surface area contributed by atoms with Crippen LogP contribution in [0, 0.1) is 6.92 Å². The monoisotopic (exact) mass is 353 g/mol. The number of oxazole rings is 2. The Morgan fingerprint density at radius 1 is 1.27 bits per heavy atom. The summed E-state index contributed by atoms with van der Waals surface area (Å²) >= 11 is 0. The van der Waals surface area contributed by atoms with E-state index in [1.807, 2.05) is 11.0 Å². The van der Waals surface area contributed by atoms with Crippen molar-refractivity contribution in [2.45, 2.75) is 32.2 Å². The molecule has 1 unspecified atom stereocenters. The standard InChI is InChI=1S/C19H19N3O4/c1-11-20-14-3-2-12(8-17(14)25-11)19(23)22-6-4-16-15(9-22)21-18(26-16)13-5-7-24-10-13/h2-3,8,13H,4-7,9-10H2,1H3. The molecule has 7 nitrogen and oxygen atoms in total. The summed E-state index contributed by atoms with van der Waals surface area (Å²) < 4.78 is 16.9. The molecule has 3 aromatic rings. The molecule has 2 aliphatic rings. The lowest BCUT2D eigenvalue weighted by Gasteiger charge is -2.25. The number of rotatable bonds is 2. The Morgan fingerprint density at radius 2 is 2.19 bits per heavy atom. The first kappa shape index (κ1) is 15.6. The number of aryl methyl sites for hydroxylation is 1. The number of amides is 1. The second kappa shape index (κ2) is 5.95. The molecule has 0 aliphatic carbocycles. The maximum absolute atomic E-state index is 12.9. The van der Waals surface area contributed by atoms with Crippen molar-refractivity contribution in [3.05, 3.63) is 47.0 Å². The predicted octanol–water partition coefficient (Wildman–Crippen LogP) is 2.83. The van der Waals surface area contributed by atoms with E-state index in [0.717, 1.165) is 35.9 Å². The molecule has 0 N–H and O–H groups in total. The van der Waals surface area contributed by atoms with E-state index < -0.39 is 0 Å². The Morgan fingerprint density at radius 3 is 3.04 bits per heavy atom. The Kier molecular flexibility index (Phi) is 3.56. The van der Waals surface area contributed by atoms with Crippen LogP contribution < -0.4 is 0 Å². The van der Waals surface area contributed by atoms with Gasteiger partial charge in [0.15, 0.2) is 17.4 Å². The Labute approximate surface area is 150 Å². The fourth-order valence-electron chi connectivity index (χ4n) is 3.65. The maximum atomic E-state index is 12.9. The predicted molar refractivity (Wildman–Crippen MR) is 91.9 cm³/mol. The molecule has 2 aliphatic heterocycles. The lowest BCUT2D eigenvalue weighted by Crippen LogP contribution is -2.35. The minimum atomic E-state index is -0.0275. The van der Waals surface area contributed by atoms with Gasteiger partial charge in [0.2, 0.25) is 0 Å². The highest BCUT2D eigenvalue weighted by Crippen LogP contribution is 2.29. The topological polar surface area (TPSA) is 81.6 Å². The molecule has 5 rings (SSSR count). The number of fused-ring (bicyclic) bond motifs is 2. The molecular formula is C19H19N3O4. The van der Waals surface area contributed by atoms with Gasteiger partial charge in [-0.3, -0.25) is 4.79 Å². The molecule has 0 radical (unpaired) electrons. The Balaban J connectivity index is 1.38. The second-order valence-corrected chi connectivity index (χ2v) is 6.87. The van der Waals surface area contributed by atoms with Crippen molar-refractivity contribution in [2.24, 2.45) is 0 Å². The summed E-state index contributed by atoms with van der Waals surface area (Å²) in [5, 5.41) is 0. The van der Waals surface area contributed by atoms with E-state index in [4.69, 9.17) is 13.6 Å². The largest absolute Gasteiger partial charge is 0.445 e. The number of carbonyl (C=O) groups is 1. The summed E-state index contributed by atoms with van der Waals surface area (Å²) in [5.74, 6) is 2.46. The fourth-order valence-corrected chi connectivity index (χ4v) is 3.65. The Hall–Kier alpha value is -2.67. The van der Waals surface area contributed by atoms with Gasteiger partial charge in [0, 0.05) is 32.1 Å². The van der Waals surface area contributed by atoms with Crippen LogP contribution in [-0.4, -0.2) is 40.5 Å². The number of carbonyl (C=O) groups excluding carboxylic acids is 1. The molecular weight excluding hydrogens is 334 g/mol.